The van der Waals surface area contributed by atoms with E-state index in [4.69, 9.17) is 4.74 Å². The van der Waals surface area contributed by atoms with Crippen molar-refractivity contribution in [2.75, 3.05) is 13.7 Å². The second-order valence-electron chi connectivity index (χ2n) is 5.48. The Kier molecular flexibility index (Phi) is 2.70. The SMILES string of the molecule is COc1cc(C)c(C)cc1C1NCC1(C)C. The molecular weight excluding hydrogens is 198 g/mol. The Labute approximate surface area is 98.0 Å². The van der Waals surface area contributed by atoms with Crippen LogP contribution in [-0.2, 0) is 0 Å². The lowest BCUT2D eigenvalue weighted by Crippen LogP contribution is -2.52. The fourth-order valence-electron chi connectivity index (χ4n) is 2.36. The fourth-order valence-corrected chi connectivity index (χ4v) is 2.36. The van der Waals surface area contributed by atoms with Crippen LogP contribution in [0.5, 0.6) is 5.75 Å². The van der Waals surface area contributed by atoms with E-state index in [-0.39, 0.29) is 0 Å². The van der Waals surface area contributed by atoms with E-state index in [1.54, 1.807) is 7.11 Å². The Morgan fingerprint density at radius 3 is 2.31 bits per heavy atom. The van der Waals surface area contributed by atoms with Crippen molar-refractivity contribution in [3.05, 3.63) is 28.8 Å². The molecule has 0 amide bonds. The maximum Gasteiger partial charge on any atom is 0.123 e. The molecule has 1 aliphatic heterocycles. The van der Waals surface area contributed by atoms with Gasteiger partial charge in [-0.05, 0) is 36.5 Å². The van der Waals surface area contributed by atoms with Gasteiger partial charge in [0.15, 0.2) is 0 Å². The Morgan fingerprint density at radius 1 is 1.25 bits per heavy atom. The van der Waals surface area contributed by atoms with Gasteiger partial charge in [-0.2, -0.15) is 0 Å². The van der Waals surface area contributed by atoms with Crippen LogP contribution in [0, 0.1) is 19.3 Å². The maximum absolute atomic E-state index is 5.49. The van der Waals surface area contributed by atoms with Crippen molar-refractivity contribution < 1.29 is 4.74 Å². The molecule has 2 rings (SSSR count). The minimum absolute atomic E-state index is 0.328. The average Bonchev–Trinajstić information content (AvgIpc) is 2.21. The van der Waals surface area contributed by atoms with Gasteiger partial charge < -0.3 is 10.1 Å². The third-order valence-electron chi connectivity index (χ3n) is 3.70. The minimum atomic E-state index is 0.328. The van der Waals surface area contributed by atoms with Crippen LogP contribution in [0.15, 0.2) is 12.1 Å². The average molecular weight is 219 g/mol. The summed E-state index contributed by atoms with van der Waals surface area (Å²) in [4.78, 5) is 0. The Morgan fingerprint density at radius 2 is 1.88 bits per heavy atom. The van der Waals surface area contributed by atoms with Crippen LogP contribution in [0.3, 0.4) is 0 Å². The minimum Gasteiger partial charge on any atom is -0.496 e. The van der Waals surface area contributed by atoms with Crippen LogP contribution in [-0.4, -0.2) is 13.7 Å². The lowest BCUT2D eigenvalue weighted by molar-refractivity contribution is 0.125. The van der Waals surface area contributed by atoms with Crippen LogP contribution in [0.25, 0.3) is 0 Å². The van der Waals surface area contributed by atoms with Crippen molar-refractivity contribution in [3.63, 3.8) is 0 Å². The van der Waals surface area contributed by atoms with Crippen molar-refractivity contribution in [1.29, 1.82) is 0 Å². The van der Waals surface area contributed by atoms with E-state index in [0.717, 1.165) is 12.3 Å². The zero-order valence-corrected chi connectivity index (χ0v) is 10.8. The highest BCUT2D eigenvalue weighted by Crippen LogP contribution is 2.44. The molecule has 1 aromatic carbocycles. The number of hydrogen-bond donors (Lipinski definition) is 1. The number of rotatable bonds is 2. The van der Waals surface area contributed by atoms with Gasteiger partial charge in [0, 0.05) is 18.2 Å². The maximum atomic E-state index is 5.49. The van der Waals surface area contributed by atoms with E-state index in [1.165, 1.54) is 16.7 Å². The molecular formula is C14H21NO. The fraction of sp³-hybridized carbons (Fsp3) is 0.571. The summed E-state index contributed by atoms with van der Waals surface area (Å²) in [5, 5.41) is 3.49. The van der Waals surface area contributed by atoms with Crippen LogP contribution in [0.1, 0.15) is 36.6 Å². The van der Waals surface area contributed by atoms with Crippen LogP contribution in [0.4, 0.5) is 0 Å². The van der Waals surface area contributed by atoms with E-state index in [1.807, 2.05) is 0 Å². The topological polar surface area (TPSA) is 21.3 Å². The van der Waals surface area contributed by atoms with E-state index < -0.39 is 0 Å². The van der Waals surface area contributed by atoms with Crippen molar-refractivity contribution in [2.24, 2.45) is 5.41 Å². The molecule has 1 N–H and O–H groups in total. The lowest BCUT2D eigenvalue weighted by Gasteiger charge is -2.46. The molecule has 0 aromatic heterocycles. The molecule has 2 nitrogen and oxygen atoms in total. The van der Waals surface area contributed by atoms with Gasteiger partial charge in [-0.3, -0.25) is 0 Å². The molecule has 88 valence electrons. The van der Waals surface area contributed by atoms with E-state index in [2.05, 4.69) is 45.1 Å². The molecule has 0 bridgehead atoms. The van der Waals surface area contributed by atoms with Crippen molar-refractivity contribution in [1.82, 2.24) is 5.32 Å². The molecule has 1 unspecified atom stereocenters. The summed E-state index contributed by atoms with van der Waals surface area (Å²) in [7, 11) is 1.75. The molecule has 1 fully saturated rings. The number of aryl methyl sites for hydroxylation is 2. The number of methoxy groups -OCH3 is 1. The zero-order valence-electron chi connectivity index (χ0n) is 10.8. The number of ether oxygens (including phenoxy) is 1. The van der Waals surface area contributed by atoms with Crippen molar-refractivity contribution >= 4 is 0 Å². The van der Waals surface area contributed by atoms with Gasteiger partial charge in [-0.15, -0.1) is 0 Å². The van der Waals surface area contributed by atoms with Crippen molar-refractivity contribution in [2.45, 2.75) is 33.7 Å². The van der Waals surface area contributed by atoms with Gasteiger partial charge in [0.2, 0.25) is 0 Å². The van der Waals surface area contributed by atoms with Crippen LogP contribution in [0.2, 0.25) is 0 Å². The predicted octanol–water partition coefficient (Wildman–Crippen LogP) is 2.98. The summed E-state index contributed by atoms with van der Waals surface area (Å²) in [6.07, 6.45) is 0. The molecule has 1 atom stereocenters. The first-order valence-electron chi connectivity index (χ1n) is 5.84. The first kappa shape index (κ1) is 11.5. The summed E-state index contributed by atoms with van der Waals surface area (Å²) in [5.41, 5.74) is 4.24. The first-order chi connectivity index (χ1) is 7.45. The number of benzene rings is 1. The molecule has 0 saturated carbocycles. The second-order valence-corrected chi connectivity index (χ2v) is 5.48. The molecule has 0 aliphatic carbocycles. The van der Waals surface area contributed by atoms with E-state index >= 15 is 0 Å². The monoisotopic (exact) mass is 219 g/mol. The molecule has 1 aromatic rings. The summed E-state index contributed by atoms with van der Waals surface area (Å²) in [6, 6.07) is 4.81. The molecule has 1 saturated heterocycles. The molecule has 0 spiro atoms. The van der Waals surface area contributed by atoms with Gasteiger partial charge in [-0.1, -0.05) is 19.9 Å². The smallest absolute Gasteiger partial charge is 0.123 e. The van der Waals surface area contributed by atoms with Gasteiger partial charge >= 0.3 is 0 Å². The van der Waals surface area contributed by atoms with Crippen molar-refractivity contribution in [3.8, 4) is 5.75 Å². The predicted molar refractivity (Wildman–Crippen MR) is 67.0 cm³/mol. The number of nitrogens with one attached hydrogen (secondary N) is 1. The molecule has 1 heterocycles. The summed E-state index contributed by atoms with van der Waals surface area (Å²) in [6.45, 7) is 9.95. The molecule has 2 heteroatoms. The highest BCUT2D eigenvalue weighted by Gasteiger charge is 2.40. The summed E-state index contributed by atoms with van der Waals surface area (Å²) >= 11 is 0. The van der Waals surface area contributed by atoms with Crippen LogP contribution >= 0.6 is 0 Å². The molecule has 16 heavy (non-hydrogen) atoms. The lowest BCUT2D eigenvalue weighted by atomic mass is 9.73. The van der Waals surface area contributed by atoms with E-state index in [9.17, 15) is 0 Å². The molecule has 1 aliphatic rings. The molecule has 0 radical (unpaired) electrons. The summed E-state index contributed by atoms with van der Waals surface area (Å²) < 4.78 is 5.49. The van der Waals surface area contributed by atoms with Gasteiger partial charge in [0.05, 0.1) is 7.11 Å². The standard InChI is InChI=1S/C14H21NO/c1-9-6-11(12(16-5)7-10(9)2)13-14(3,4)8-15-13/h6-7,13,15H,8H2,1-5H3. The van der Waals surface area contributed by atoms with E-state index in [0.29, 0.717) is 11.5 Å². The Hall–Kier alpha value is -1.02. The Balaban J connectivity index is 2.44. The third-order valence-corrected chi connectivity index (χ3v) is 3.70. The first-order valence-corrected chi connectivity index (χ1v) is 5.84. The second kappa shape index (κ2) is 3.77. The Bertz CT molecular complexity index is 409. The van der Waals surface area contributed by atoms with Gasteiger partial charge in [-0.25, -0.2) is 0 Å². The zero-order chi connectivity index (χ0) is 11.9. The third kappa shape index (κ3) is 1.71. The number of hydrogen-bond acceptors (Lipinski definition) is 2. The largest absolute Gasteiger partial charge is 0.496 e. The van der Waals surface area contributed by atoms with Gasteiger partial charge in [0.25, 0.3) is 0 Å². The summed E-state index contributed by atoms with van der Waals surface area (Å²) in [5.74, 6) is 1.01. The van der Waals surface area contributed by atoms with Crippen LogP contribution < -0.4 is 10.1 Å². The quantitative estimate of drug-likeness (QED) is 0.825. The highest BCUT2D eigenvalue weighted by atomic mass is 16.5. The normalized spacial score (nSPS) is 22.7. The van der Waals surface area contributed by atoms with Gasteiger partial charge in [0.1, 0.15) is 5.75 Å². The highest BCUT2D eigenvalue weighted by molar-refractivity contribution is 5.45.